The number of fused-ring (bicyclic) bond motifs is 3. The van der Waals surface area contributed by atoms with Gasteiger partial charge in [-0.1, -0.05) is 24.3 Å². The second kappa shape index (κ2) is 9.81. The van der Waals surface area contributed by atoms with E-state index in [4.69, 9.17) is 4.74 Å². The molecule has 4 aliphatic rings. The van der Waals surface area contributed by atoms with Crippen LogP contribution in [0.4, 0.5) is 16.2 Å². The number of azo groups is 1. The van der Waals surface area contributed by atoms with E-state index in [9.17, 15) is 9.59 Å². The number of benzene rings is 2. The Bertz CT molecular complexity index is 1230. The van der Waals surface area contributed by atoms with E-state index in [2.05, 4.69) is 43.3 Å². The van der Waals surface area contributed by atoms with Gasteiger partial charge in [-0.25, -0.2) is 9.80 Å². The lowest BCUT2D eigenvalue weighted by molar-refractivity contribution is 0.0207. The van der Waals surface area contributed by atoms with E-state index in [1.807, 2.05) is 24.3 Å². The zero-order valence-electron chi connectivity index (χ0n) is 20.0. The molecule has 10 nitrogen and oxygen atoms in total. The normalized spacial score (nSPS) is 21.8. The fourth-order valence-corrected chi connectivity index (χ4v) is 5.21. The summed E-state index contributed by atoms with van der Waals surface area (Å²) in [5.41, 5.74) is 7.77. The number of hydrogen-bond donors (Lipinski definition) is 3. The van der Waals surface area contributed by atoms with Gasteiger partial charge in [0, 0.05) is 44.0 Å². The third-order valence-electron chi connectivity index (χ3n) is 7.03. The molecule has 2 saturated heterocycles. The van der Waals surface area contributed by atoms with Gasteiger partial charge in [-0.2, -0.15) is 10.2 Å². The third kappa shape index (κ3) is 4.27. The lowest BCUT2D eigenvalue weighted by Gasteiger charge is -2.27. The number of carbonyl (C=O) groups is 2. The average Bonchev–Trinajstić information content (AvgIpc) is 3.32. The first kappa shape index (κ1) is 22.8. The van der Waals surface area contributed by atoms with Gasteiger partial charge >= 0.3 is 6.03 Å². The Hall–Kier alpha value is -3.60. The van der Waals surface area contributed by atoms with Gasteiger partial charge in [0.1, 0.15) is 11.7 Å². The maximum atomic E-state index is 13.6. The molecule has 2 amide bonds. The SMILES string of the molecule is O=C(Nc1cccc2c1C(=O)C1=C(c3ccc(N4CCCNCC4)cc3)N=NC12)NN1CCOCC1. The minimum absolute atomic E-state index is 0.139. The van der Waals surface area contributed by atoms with Gasteiger partial charge in [0.15, 0.2) is 5.78 Å². The van der Waals surface area contributed by atoms with E-state index < -0.39 is 6.04 Å². The van der Waals surface area contributed by atoms with E-state index in [1.54, 1.807) is 11.1 Å². The van der Waals surface area contributed by atoms with E-state index in [-0.39, 0.29) is 11.8 Å². The summed E-state index contributed by atoms with van der Waals surface area (Å²) in [5, 5.41) is 16.9. The molecule has 0 saturated carbocycles. The van der Waals surface area contributed by atoms with Crippen molar-refractivity contribution in [2.24, 2.45) is 10.2 Å². The summed E-state index contributed by atoms with van der Waals surface area (Å²) in [6.45, 7) is 6.37. The van der Waals surface area contributed by atoms with E-state index in [1.165, 1.54) is 5.69 Å². The molecule has 2 aromatic rings. The van der Waals surface area contributed by atoms with Crippen molar-refractivity contribution in [2.75, 3.05) is 62.7 Å². The number of ketones is 1. The fraction of sp³-hybridized carbons (Fsp3) is 0.385. The maximum Gasteiger partial charge on any atom is 0.333 e. The van der Waals surface area contributed by atoms with Gasteiger partial charge in [-0.05, 0) is 36.7 Å². The predicted octanol–water partition coefficient (Wildman–Crippen LogP) is 2.97. The minimum atomic E-state index is -0.442. The average molecular weight is 488 g/mol. The topological polar surface area (TPSA) is 111 Å². The Balaban J connectivity index is 1.23. The highest BCUT2D eigenvalue weighted by molar-refractivity contribution is 6.22. The van der Waals surface area contributed by atoms with Crippen molar-refractivity contribution >= 4 is 28.9 Å². The molecule has 3 aliphatic heterocycles. The number of ether oxygens (including phenoxy) is 1. The van der Waals surface area contributed by atoms with Gasteiger partial charge in [0.25, 0.3) is 0 Å². The molecule has 6 rings (SSSR count). The molecule has 1 unspecified atom stereocenters. The summed E-state index contributed by atoms with van der Waals surface area (Å²) < 4.78 is 5.32. The second-order valence-electron chi connectivity index (χ2n) is 9.28. The van der Waals surface area contributed by atoms with Gasteiger partial charge < -0.3 is 20.3 Å². The number of urea groups is 1. The number of Topliss-reactive ketones (excluding diaryl/α,β-unsaturated/α-hetero) is 1. The summed E-state index contributed by atoms with van der Waals surface area (Å²) in [7, 11) is 0. The Morgan fingerprint density at radius 3 is 2.69 bits per heavy atom. The van der Waals surface area contributed by atoms with Crippen molar-refractivity contribution in [3.05, 3.63) is 64.7 Å². The van der Waals surface area contributed by atoms with Crippen molar-refractivity contribution in [1.29, 1.82) is 0 Å². The van der Waals surface area contributed by atoms with Crippen molar-refractivity contribution < 1.29 is 14.3 Å². The van der Waals surface area contributed by atoms with Gasteiger partial charge in [-0.3, -0.25) is 10.2 Å². The Morgan fingerprint density at radius 2 is 1.86 bits per heavy atom. The molecule has 0 bridgehead atoms. The maximum absolute atomic E-state index is 13.6. The number of hydrazine groups is 1. The molecular formula is C26H29N7O3. The van der Waals surface area contributed by atoms with Crippen LogP contribution in [0.15, 0.2) is 58.3 Å². The molecule has 2 aromatic carbocycles. The summed E-state index contributed by atoms with van der Waals surface area (Å²) >= 11 is 0. The lowest BCUT2D eigenvalue weighted by atomic mass is 10.0. The third-order valence-corrected chi connectivity index (χ3v) is 7.03. The molecule has 1 aliphatic carbocycles. The van der Waals surface area contributed by atoms with Gasteiger partial charge in [0.2, 0.25) is 0 Å². The summed E-state index contributed by atoms with van der Waals surface area (Å²) in [4.78, 5) is 28.6. The molecule has 3 heterocycles. The zero-order valence-corrected chi connectivity index (χ0v) is 20.0. The van der Waals surface area contributed by atoms with Crippen molar-refractivity contribution in [3.8, 4) is 0 Å². The minimum Gasteiger partial charge on any atom is -0.379 e. The lowest BCUT2D eigenvalue weighted by Crippen LogP contribution is -2.49. The summed E-state index contributed by atoms with van der Waals surface area (Å²) in [6.07, 6.45) is 1.11. The number of amides is 2. The first-order valence-corrected chi connectivity index (χ1v) is 12.5. The van der Waals surface area contributed by atoms with Crippen LogP contribution in [-0.2, 0) is 4.74 Å². The number of hydrogen-bond acceptors (Lipinski definition) is 8. The van der Waals surface area contributed by atoms with Crippen LogP contribution in [0.25, 0.3) is 5.70 Å². The Morgan fingerprint density at radius 1 is 1.03 bits per heavy atom. The molecule has 10 heteroatoms. The molecule has 1 atom stereocenters. The Kier molecular flexibility index (Phi) is 6.22. The number of anilines is 2. The molecule has 0 radical (unpaired) electrons. The van der Waals surface area contributed by atoms with E-state index in [0.717, 1.165) is 43.7 Å². The largest absolute Gasteiger partial charge is 0.379 e. The highest BCUT2D eigenvalue weighted by Gasteiger charge is 2.42. The van der Waals surface area contributed by atoms with Crippen LogP contribution in [0, 0.1) is 0 Å². The zero-order chi connectivity index (χ0) is 24.5. The molecule has 0 aromatic heterocycles. The molecule has 3 N–H and O–H groups in total. The van der Waals surface area contributed by atoms with Crippen LogP contribution in [0.5, 0.6) is 0 Å². The number of carbonyl (C=O) groups excluding carboxylic acids is 2. The fourth-order valence-electron chi connectivity index (χ4n) is 5.21. The summed E-state index contributed by atoms with van der Waals surface area (Å²) in [6, 6.07) is 12.9. The molecule has 0 spiro atoms. The van der Waals surface area contributed by atoms with Crippen LogP contribution in [0.3, 0.4) is 0 Å². The standard InChI is InChI=1S/C26H29N7O3/c34-25-21-19(3-1-4-20(21)28-26(35)31-33-13-15-36-16-14-33)24-22(25)23(29-30-24)17-5-7-18(8-6-17)32-11-2-9-27-10-12-32/h1,3-8,24,27H,2,9-16H2,(H2,28,31,35). The molecular weight excluding hydrogens is 458 g/mol. The number of morpholine rings is 1. The predicted molar refractivity (Wildman–Crippen MR) is 136 cm³/mol. The van der Waals surface area contributed by atoms with E-state index >= 15 is 0 Å². The molecule has 36 heavy (non-hydrogen) atoms. The number of rotatable bonds is 4. The molecule has 186 valence electrons. The number of nitrogens with zero attached hydrogens (tertiary/aromatic N) is 4. The van der Waals surface area contributed by atoms with Crippen LogP contribution in [-0.4, -0.2) is 69.3 Å². The van der Waals surface area contributed by atoms with Crippen molar-refractivity contribution in [3.63, 3.8) is 0 Å². The monoisotopic (exact) mass is 487 g/mol. The Labute approximate surface area is 209 Å². The second-order valence-corrected chi connectivity index (χ2v) is 9.28. The van der Waals surface area contributed by atoms with Crippen LogP contribution >= 0.6 is 0 Å². The van der Waals surface area contributed by atoms with Crippen LogP contribution in [0.1, 0.15) is 33.9 Å². The van der Waals surface area contributed by atoms with Gasteiger partial charge in [0.05, 0.1) is 30.0 Å². The smallest absolute Gasteiger partial charge is 0.333 e. The van der Waals surface area contributed by atoms with E-state index in [0.29, 0.717) is 48.8 Å². The van der Waals surface area contributed by atoms with Crippen molar-refractivity contribution in [1.82, 2.24) is 15.8 Å². The quantitative estimate of drug-likeness (QED) is 0.612. The molecule has 2 fully saturated rings. The van der Waals surface area contributed by atoms with Gasteiger partial charge in [-0.15, -0.1) is 0 Å². The van der Waals surface area contributed by atoms with Crippen molar-refractivity contribution in [2.45, 2.75) is 12.5 Å². The summed E-state index contributed by atoms with van der Waals surface area (Å²) in [5.74, 6) is -0.139. The highest BCUT2D eigenvalue weighted by atomic mass is 16.5. The van der Waals surface area contributed by atoms with Crippen LogP contribution < -0.4 is 21.0 Å². The number of nitrogens with one attached hydrogen (secondary N) is 3. The highest BCUT2D eigenvalue weighted by Crippen LogP contribution is 2.49. The van der Waals surface area contributed by atoms with Crippen LogP contribution in [0.2, 0.25) is 0 Å². The first-order chi connectivity index (χ1) is 17.7. The first-order valence-electron chi connectivity index (χ1n) is 12.5.